The van der Waals surface area contributed by atoms with Gasteiger partial charge in [0.25, 0.3) is 5.91 Å². The molecule has 1 aliphatic heterocycles. The standard InChI is InChI=1S/C25H25N3O3S/c1-4-17-8-10-20(11-9-17)26-25-27-23(29)22(32-25)14-19-12-15(2)28(16(19)3)21-7-5-6-18(13-21)24(30)31/h5-14,25-26H,4H2,1-3H3,(H,27,29)(H,30,31)/b22-14-/t25-/m1/s1. The summed E-state index contributed by atoms with van der Waals surface area (Å²) in [6, 6.07) is 17.0. The molecule has 0 saturated carbocycles. The summed E-state index contributed by atoms with van der Waals surface area (Å²) in [5.41, 5.74) is 5.83. The molecule has 2 heterocycles. The molecule has 0 radical (unpaired) electrons. The highest BCUT2D eigenvalue weighted by atomic mass is 32.2. The molecule has 4 rings (SSSR count). The molecule has 3 aromatic rings. The maximum Gasteiger partial charge on any atom is 0.335 e. The number of carboxylic acids is 1. The Morgan fingerprint density at radius 1 is 1.19 bits per heavy atom. The fourth-order valence-corrected chi connectivity index (χ4v) is 4.78. The summed E-state index contributed by atoms with van der Waals surface area (Å²) in [5, 5.41) is 15.6. The zero-order chi connectivity index (χ0) is 22.8. The number of amides is 1. The number of aryl methyl sites for hydroxylation is 2. The van der Waals surface area contributed by atoms with Crippen molar-refractivity contribution in [1.29, 1.82) is 0 Å². The third kappa shape index (κ3) is 4.43. The summed E-state index contributed by atoms with van der Waals surface area (Å²) in [6.07, 6.45) is 2.88. The topological polar surface area (TPSA) is 83.4 Å². The van der Waals surface area contributed by atoms with Crippen LogP contribution < -0.4 is 10.6 Å². The van der Waals surface area contributed by atoms with Gasteiger partial charge in [-0.2, -0.15) is 0 Å². The van der Waals surface area contributed by atoms with E-state index < -0.39 is 5.97 Å². The fourth-order valence-electron chi connectivity index (χ4n) is 3.80. The molecule has 0 spiro atoms. The van der Waals surface area contributed by atoms with Crippen molar-refractivity contribution in [2.75, 3.05) is 5.32 Å². The molecule has 1 atom stereocenters. The van der Waals surface area contributed by atoms with Crippen LogP contribution in [0.1, 0.15) is 39.8 Å². The number of aromatic nitrogens is 1. The lowest BCUT2D eigenvalue weighted by Crippen LogP contribution is -2.30. The molecule has 2 aromatic carbocycles. The van der Waals surface area contributed by atoms with Gasteiger partial charge in [-0.1, -0.05) is 36.9 Å². The molecule has 3 N–H and O–H groups in total. The highest BCUT2D eigenvalue weighted by Crippen LogP contribution is 2.32. The third-order valence-electron chi connectivity index (χ3n) is 5.50. The van der Waals surface area contributed by atoms with Gasteiger partial charge in [0.2, 0.25) is 0 Å². The van der Waals surface area contributed by atoms with Crippen molar-refractivity contribution in [3.8, 4) is 5.69 Å². The van der Waals surface area contributed by atoms with Gasteiger partial charge in [-0.05, 0) is 73.9 Å². The first-order valence-electron chi connectivity index (χ1n) is 10.4. The van der Waals surface area contributed by atoms with Crippen molar-refractivity contribution < 1.29 is 14.7 Å². The molecule has 1 aromatic heterocycles. The SMILES string of the molecule is CCc1ccc(N[C@@H]2NC(=O)/C(=C/c3cc(C)n(-c4cccc(C(=O)O)c4)c3C)S2)cc1. The second-order valence-electron chi connectivity index (χ2n) is 7.69. The number of carbonyl (C=O) groups excluding carboxylic acids is 1. The molecular weight excluding hydrogens is 422 g/mol. The maximum atomic E-state index is 12.6. The lowest BCUT2D eigenvalue weighted by molar-refractivity contribution is -0.116. The Hall–Kier alpha value is -3.45. The molecule has 1 amide bonds. The van der Waals surface area contributed by atoms with E-state index in [1.165, 1.54) is 17.3 Å². The first-order chi connectivity index (χ1) is 15.4. The molecule has 164 valence electrons. The maximum absolute atomic E-state index is 12.6. The molecule has 32 heavy (non-hydrogen) atoms. The van der Waals surface area contributed by atoms with Crippen LogP contribution in [0.4, 0.5) is 5.69 Å². The monoisotopic (exact) mass is 447 g/mol. The minimum Gasteiger partial charge on any atom is -0.478 e. The second kappa shape index (κ2) is 8.96. The number of nitrogens with zero attached hydrogens (tertiary/aromatic N) is 1. The van der Waals surface area contributed by atoms with Crippen molar-refractivity contribution in [2.45, 2.75) is 32.7 Å². The molecule has 7 heteroatoms. The van der Waals surface area contributed by atoms with Gasteiger partial charge in [-0.3, -0.25) is 4.79 Å². The first kappa shape index (κ1) is 21.8. The Kier molecular flexibility index (Phi) is 6.10. The van der Waals surface area contributed by atoms with Gasteiger partial charge >= 0.3 is 5.97 Å². The van der Waals surface area contributed by atoms with E-state index in [2.05, 4.69) is 29.7 Å². The fraction of sp³-hybridized carbons (Fsp3) is 0.200. The normalized spacial score (nSPS) is 16.9. The van der Waals surface area contributed by atoms with E-state index in [1.807, 2.05) is 48.8 Å². The molecule has 0 unspecified atom stereocenters. The van der Waals surface area contributed by atoms with Gasteiger partial charge in [0.05, 0.1) is 10.5 Å². The van der Waals surface area contributed by atoms with E-state index in [0.29, 0.717) is 4.91 Å². The summed E-state index contributed by atoms with van der Waals surface area (Å²) >= 11 is 1.45. The van der Waals surface area contributed by atoms with E-state index in [1.54, 1.807) is 18.2 Å². The predicted molar refractivity (Wildman–Crippen MR) is 129 cm³/mol. The Morgan fingerprint density at radius 2 is 1.94 bits per heavy atom. The van der Waals surface area contributed by atoms with Crippen molar-refractivity contribution in [1.82, 2.24) is 9.88 Å². The number of anilines is 1. The van der Waals surface area contributed by atoms with Crippen LogP contribution in [0.3, 0.4) is 0 Å². The van der Waals surface area contributed by atoms with E-state index in [0.717, 1.165) is 34.7 Å². The molecule has 6 nitrogen and oxygen atoms in total. The molecule has 1 aliphatic rings. The van der Waals surface area contributed by atoms with Crippen LogP contribution in [0.15, 0.2) is 59.5 Å². The van der Waals surface area contributed by atoms with Gasteiger partial charge in [-0.15, -0.1) is 0 Å². The number of rotatable bonds is 6. The van der Waals surface area contributed by atoms with Gasteiger partial charge in [0, 0.05) is 22.8 Å². The molecule has 0 aliphatic carbocycles. The summed E-state index contributed by atoms with van der Waals surface area (Å²) in [7, 11) is 0. The largest absolute Gasteiger partial charge is 0.478 e. The van der Waals surface area contributed by atoms with Crippen LogP contribution in [0.2, 0.25) is 0 Å². The first-order valence-corrected chi connectivity index (χ1v) is 11.3. The smallest absolute Gasteiger partial charge is 0.335 e. The average molecular weight is 448 g/mol. The van der Waals surface area contributed by atoms with E-state index in [9.17, 15) is 14.7 Å². The predicted octanol–water partition coefficient (Wildman–Crippen LogP) is 4.95. The van der Waals surface area contributed by atoms with Crippen molar-refractivity contribution in [3.63, 3.8) is 0 Å². The average Bonchev–Trinajstić information content (AvgIpc) is 3.26. The molecular formula is C25H25N3O3S. The number of carbonyl (C=O) groups is 2. The lowest BCUT2D eigenvalue weighted by atomic mass is 10.1. The van der Waals surface area contributed by atoms with Crippen LogP contribution in [0.25, 0.3) is 11.8 Å². The number of aromatic carboxylic acids is 1. The van der Waals surface area contributed by atoms with Crippen LogP contribution in [-0.4, -0.2) is 27.0 Å². The molecule has 1 fully saturated rings. The van der Waals surface area contributed by atoms with Gasteiger partial charge in [-0.25, -0.2) is 4.79 Å². The number of hydrogen-bond donors (Lipinski definition) is 3. The summed E-state index contributed by atoms with van der Waals surface area (Å²) < 4.78 is 2.00. The number of nitrogens with one attached hydrogen (secondary N) is 2. The van der Waals surface area contributed by atoms with Gasteiger partial charge < -0.3 is 20.3 Å². The quantitative estimate of drug-likeness (QED) is 0.466. The zero-order valence-corrected chi connectivity index (χ0v) is 19.0. The highest BCUT2D eigenvalue weighted by molar-refractivity contribution is 8.05. The van der Waals surface area contributed by atoms with Gasteiger partial charge in [0.15, 0.2) is 5.50 Å². The Morgan fingerprint density at radius 3 is 2.62 bits per heavy atom. The number of carboxylic acid groups (broad SMARTS) is 1. The van der Waals surface area contributed by atoms with Crippen molar-refractivity contribution in [3.05, 3.63) is 87.6 Å². The van der Waals surface area contributed by atoms with Crippen molar-refractivity contribution >= 4 is 35.4 Å². The van der Waals surface area contributed by atoms with Crippen molar-refractivity contribution in [2.24, 2.45) is 0 Å². The Labute approximate surface area is 191 Å². The number of hydrogen-bond acceptors (Lipinski definition) is 4. The summed E-state index contributed by atoms with van der Waals surface area (Å²) in [4.78, 5) is 24.5. The minimum absolute atomic E-state index is 0.115. The number of benzene rings is 2. The lowest BCUT2D eigenvalue weighted by Gasteiger charge is -2.12. The van der Waals surface area contributed by atoms with Crippen LogP contribution in [-0.2, 0) is 11.2 Å². The highest BCUT2D eigenvalue weighted by Gasteiger charge is 2.27. The van der Waals surface area contributed by atoms with Crippen LogP contribution >= 0.6 is 11.8 Å². The van der Waals surface area contributed by atoms with Crippen LogP contribution in [0, 0.1) is 13.8 Å². The summed E-state index contributed by atoms with van der Waals surface area (Å²) in [5.74, 6) is -1.08. The Bertz CT molecular complexity index is 1210. The van der Waals surface area contributed by atoms with E-state index in [-0.39, 0.29) is 17.0 Å². The summed E-state index contributed by atoms with van der Waals surface area (Å²) in [6.45, 7) is 6.05. The third-order valence-corrected chi connectivity index (χ3v) is 6.53. The molecule has 0 bridgehead atoms. The second-order valence-corrected chi connectivity index (χ2v) is 8.84. The van der Waals surface area contributed by atoms with Crippen LogP contribution in [0.5, 0.6) is 0 Å². The zero-order valence-electron chi connectivity index (χ0n) is 18.2. The Balaban J connectivity index is 1.56. The number of thioether (sulfide) groups is 1. The van der Waals surface area contributed by atoms with Gasteiger partial charge in [0.1, 0.15) is 0 Å². The minimum atomic E-state index is -0.960. The van der Waals surface area contributed by atoms with E-state index in [4.69, 9.17) is 0 Å². The van der Waals surface area contributed by atoms with E-state index >= 15 is 0 Å². The molecule has 1 saturated heterocycles.